The molecule has 0 saturated carbocycles. The van der Waals surface area contributed by atoms with Crippen molar-refractivity contribution in [2.24, 2.45) is 11.7 Å². The maximum Gasteiger partial charge on any atom is 0.158 e. The molecular weight excluding hydrogens is 198 g/mol. The Labute approximate surface area is 87.9 Å². The molecule has 0 amide bonds. The average Bonchev–Trinajstić information content (AvgIpc) is 2.19. The first-order chi connectivity index (χ1) is 6.63. The van der Waals surface area contributed by atoms with Gasteiger partial charge in [0, 0.05) is 10.6 Å². The number of nitrogens with two attached hydrogens (primary N) is 1. The van der Waals surface area contributed by atoms with Crippen LogP contribution in [0.1, 0.15) is 6.92 Å². The third-order valence-electron chi connectivity index (χ3n) is 1.88. The minimum absolute atomic E-state index is 0.0737. The van der Waals surface area contributed by atoms with Crippen LogP contribution in [0.2, 0.25) is 0 Å². The Bertz CT molecular complexity index is 304. The van der Waals surface area contributed by atoms with Crippen LogP contribution in [-0.4, -0.2) is 22.5 Å². The summed E-state index contributed by atoms with van der Waals surface area (Å²) in [6, 6.07) is 4.83. The van der Waals surface area contributed by atoms with Crippen molar-refractivity contribution in [3.05, 3.63) is 18.2 Å². The van der Waals surface area contributed by atoms with Gasteiger partial charge in [0.15, 0.2) is 11.5 Å². The molecule has 1 aromatic carbocycles. The largest absolute Gasteiger partial charge is 0.504 e. The van der Waals surface area contributed by atoms with Gasteiger partial charge in [-0.25, -0.2) is 0 Å². The molecule has 0 spiro atoms. The Kier molecular flexibility index (Phi) is 4.10. The van der Waals surface area contributed by atoms with Gasteiger partial charge in [0.1, 0.15) is 0 Å². The lowest BCUT2D eigenvalue weighted by Gasteiger charge is -2.08. The molecule has 1 rings (SSSR count). The predicted molar refractivity (Wildman–Crippen MR) is 58.7 cm³/mol. The average molecular weight is 213 g/mol. The molecule has 0 bridgehead atoms. The van der Waals surface area contributed by atoms with Gasteiger partial charge in [0.2, 0.25) is 0 Å². The quantitative estimate of drug-likeness (QED) is 0.527. The molecule has 1 atom stereocenters. The van der Waals surface area contributed by atoms with Crippen molar-refractivity contribution in [1.29, 1.82) is 0 Å². The van der Waals surface area contributed by atoms with Crippen LogP contribution in [0.25, 0.3) is 0 Å². The number of hydrogen-bond acceptors (Lipinski definition) is 4. The van der Waals surface area contributed by atoms with Crippen molar-refractivity contribution in [2.45, 2.75) is 11.8 Å². The van der Waals surface area contributed by atoms with Crippen molar-refractivity contribution in [3.8, 4) is 11.5 Å². The van der Waals surface area contributed by atoms with Crippen molar-refractivity contribution in [2.75, 3.05) is 12.3 Å². The van der Waals surface area contributed by atoms with Crippen molar-refractivity contribution < 1.29 is 10.2 Å². The second-order valence-corrected chi connectivity index (χ2v) is 4.40. The van der Waals surface area contributed by atoms with Crippen LogP contribution in [0.15, 0.2) is 23.1 Å². The summed E-state index contributed by atoms with van der Waals surface area (Å²) in [7, 11) is 0. The first-order valence-electron chi connectivity index (χ1n) is 4.48. The summed E-state index contributed by atoms with van der Waals surface area (Å²) in [5, 5.41) is 18.3. The molecule has 0 fully saturated rings. The molecule has 14 heavy (non-hydrogen) atoms. The van der Waals surface area contributed by atoms with E-state index in [-0.39, 0.29) is 11.5 Å². The number of thioether (sulfide) groups is 1. The zero-order valence-electron chi connectivity index (χ0n) is 8.10. The molecule has 0 saturated heterocycles. The molecule has 1 unspecified atom stereocenters. The van der Waals surface area contributed by atoms with E-state index in [1.165, 1.54) is 6.07 Å². The van der Waals surface area contributed by atoms with E-state index in [2.05, 4.69) is 6.92 Å². The highest BCUT2D eigenvalue weighted by Crippen LogP contribution is 2.30. The maximum absolute atomic E-state index is 9.23. The fourth-order valence-electron chi connectivity index (χ4n) is 0.900. The van der Waals surface area contributed by atoms with Crippen LogP contribution >= 0.6 is 11.8 Å². The van der Waals surface area contributed by atoms with Gasteiger partial charge < -0.3 is 15.9 Å². The van der Waals surface area contributed by atoms with Gasteiger partial charge in [-0.3, -0.25) is 0 Å². The molecule has 3 nitrogen and oxygen atoms in total. The number of phenolic OH excluding ortho intramolecular Hbond substituents is 2. The smallest absolute Gasteiger partial charge is 0.158 e. The maximum atomic E-state index is 9.23. The van der Waals surface area contributed by atoms with Crippen LogP contribution in [0.5, 0.6) is 11.5 Å². The number of hydrogen-bond donors (Lipinski definition) is 3. The lowest BCUT2D eigenvalue weighted by atomic mass is 10.2. The summed E-state index contributed by atoms with van der Waals surface area (Å²) in [5.41, 5.74) is 5.49. The third-order valence-corrected chi connectivity index (χ3v) is 3.21. The molecule has 0 aliphatic carbocycles. The highest BCUT2D eigenvalue weighted by molar-refractivity contribution is 7.99. The van der Waals surface area contributed by atoms with E-state index in [9.17, 15) is 5.11 Å². The molecular formula is C10H15NO2S. The van der Waals surface area contributed by atoms with Gasteiger partial charge in [-0.05, 0) is 30.7 Å². The first kappa shape index (κ1) is 11.2. The van der Waals surface area contributed by atoms with E-state index in [1.807, 2.05) is 0 Å². The standard InChI is InChI=1S/C10H15NO2S/c1-7(5-11)6-14-8-2-3-9(12)10(13)4-8/h2-4,7,12-13H,5-6,11H2,1H3. The minimum atomic E-state index is -0.0822. The molecule has 4 N–H and O–H groups in total. The van der Waals surface area contributed by atoms with Crippen LogP contribution in [0.4, 0.5) is 0 Å². The van der Waals surface area contributed by atoms with Crippen LogP contribution < -0.4 is 5.73 Å². The fraction of sp³-hybridized carbons (Fsp3) is 0.400. The van der Waals surface area contributed by atoms with Crippen LogP contribution in [-0.2, 0) is 0 Å². The number of benzene rings is 1. The van der Waals surface area contributed by atoms with E-state index < -0.39 is 0 Å². The summed E-state index contributed by atoms with van der Waals surface area (Å²) < 4.78 is 0. The SMILES string of the molecule is CC(CN)CSc1ccc(O)c(O)c1. The number of aromatic hydroxyl groups is 2. The van der Waals surface area contributed by atoms with E-state index in [4.69, 9.17) is 10.8 Å². The Hall–Kier alpha value is -0.870. The minimum Gasteiger partial charge on any atom is -0.504 e. The molecule has 0 heterocycles. The molecule has 78 valence electrons. The van der Waals surface area contributed by atoms with Gasteiger partial charge in [-0.1, -0.05) is 6.92 Å². The summed E-state index contributed by atoms with van der Waals surface area (Å²) in [6.07, 6.45) is 0. The first-order valence-corrected chi connectivity index (χ1v) is 5.47. The van der Waals surface area contributed by atoms with Gasteiger partial charge in [0.25, 0.3) is 0 Å². The zero-order chi connectivity index (χ0) is 10.6. The van der Waals surface area contributed by atoms with Crippen LogP contribution in [0, 0.1) is 5.92 Å². The second kappa shape index (κ2) is 5.12. The van der Waals surface area contributed by atoms with Crippen LogP contribution in [0.3, 0.4) is 0 Å². The summed E-state index contributed by atoms with van der Waals surface area (Å²) in [5.74, 6) is 1.22. The van der Waals surface area contributed by atoms with E-state index in [0.717, 1.165) is 10.6 Å². The predicted octanol–water partition coefficient (Wildman–Crippen LogP) is 1.78. The zero-order valence-corrected chi connectivity index (χ0v) is 8.92. The molecule has 0 aromatic heterocycles. The number of rotatable bonds is 4. The lowest BCUT2D eigenvalue weighted by molar-refractivity contribution is 0.402. The fourth-order valence-corrected chi connectivity index (χ4v) is 1.87. The summed E-state index contributed by atoms with van der Waals surface area (Å²) >= 11 is 1.62. The molecule has 0 radical (unpaired) electrons. The van der Waals surface area contributed by atoms with E-state index in [0.29, 0.717) is 12.5 Å². The van der Waals surface area contributed by atoms with Gasteiger partial charge in [-0.2, -0.15) is 0 Å². The Morgan fingerprint density at radius 2 is 2.07 bits per heavy atom. The molecule has 4 heteroatoms. The van der Waals surface area contributed by atoms with Crippen molar-refractivity contribution >= 4 is 11.8 Å². The monoisotopic (exact) mass is 213 g/mol. The van der Waals surface area contributed by atoms with Gasteiger partial charge in [0.05, 0.1) is 0 Å². The Balaban J connectivity index is 2.55. The lowest BCUT2D eigenvalue weighted by Crippen LogP contribution is -2.12. The number of phenols is 2. The Morgan fingerprint density at radius 3 is 2.64 bits per heavy atom. The molecule has 1 aromatic rings. The molecule has 0 aliphatic heterocycles. The van der Waals surface area contributed by atoms with Crippen molar-refractivity contribution in [3.63, 3.8) is 0 Å². The van der Waals surface area contributed by atoms with E-state index in [1.54, 1.807) is 23.9 Å². The third kappa shape index (κ3) is 3.12. The summed E-state index contributed by atoms with van der Waals surface area (Å²) in [6.45, 7) is 2.74. The topological polar surface area (TPSA) is 66.5 Å². The summed E-state index contributed by atoms with van der Waals surface area (Å²) in [4.78, 5) is 0.945. The van der Waals surface area contributed by atoms with Gasteiger partial charge in [-0.15, -0.1) is 11.8 Å². The highest BCUT2D eigenvalue weighted by atomic mass is 32.2. The Morgan fingerprint density at radius 1 is 1.36 bits per heavy atom. The highest BCUT2D eigenvalue weighted by Gasteiger charge is 2.03. The van der Waals surface area contributed by atoms with Crippen molar-refractivity contribution in [1.82, 2.24) is 0 Å². The van der Waals surface area contributed by atoms with E-state index >= 15 is 0 Å². The second-order valence-electron chi connectivity index (χ2n) is 3.30. The normalized spacial score (nSPS) is 12.7. The molecule has 0 aliphatic rings. The van der Waals surface area contributed by atoms with Gasteiger partial charge >= 0.3 is 0 Å².